The fourth-order valence-electron chi connectivity index (χ4n) is 3.60. The molecule has 1 aliphatic rings. The molecule has 0 spiro atoms. The second-order valence-electron chi connectivity index (χ2n) is 6.57. The van der Waals surface area contributed by atoms with Crippen molar-refractivity contribution in [1.82, 2.24) is 5.01 Å². The van der Waals surface area contributed by atoms with E-state index in [0.29, 0.717) is 10.6 Å². The van der Waals surface area contributed by atoms with Gasteiger partial charge in [0.25, 0.3) is 5.91 Å². The standard InChI is InChI=1S/C22H18ClFN2O/c1-25(14-17-18(23)11-7-12-19(17)24)26-20-13-6-5-10-16(20)21(22(26)27)15-8-3-2-4-9-15/h2-13,21H,14H2,1H3/t21-/m1/s1. The molecule has 1 aliphatic heterocycles. The van der Waals surface area contributed by atoms with Crippen molar-refractivity contribution in [1.29, 1.82) is 0 Å². The Morgan fingerprint density at radius 1 is 1.00 bits per heavy atom. The Bertz CT molecular complexity index is 972. The second kappa shape index (κ2) is 7.14. The number of carbonyl (C=O) groups excluding carboxylic acids is 1. The Hall–Kier alpha value is -2.69. The zero-order valence-corrected chi connectivity index (χ0v) is 15.5. The van der Waals surface area contributed by atoms with Gasteiger partial charge < -0.3 is 0 Å². The van der Waals surface area contributed by atoms with E-state index >= 15 is 0 Å². The number of hydrogen-bond donors (Lipinski definition) is 0. The number of nitrogens with zero attached hydrogens (tertiary/aromatic N) is 2. The van der Waals surface area contributed by atoms with Gasteiger partial charge in [-0.05, 0) is 29.3 Å². The predicted molar refractivity (Wildman–Crippen MR) is 105 cm³/mol. The Morgan fingerprint density at radius 2 is 1.70 bits per heavy atom. The van der Waals surface area contributed by atoms with E-state index in [1.165, 1.54) is 6.07 Å². The number of halogens is 2. The number of fused-ring (bicyclic) bond motifs is 1. The van der Waals surface area contributed by atoms with Crippen LogP contribution in [0.3, 0.4) is 0 Å². The minimum Gasteiger partial charge on any atom is -0.272 e. The third-order valence-electron chi connectivity index (χ3n) is 4.85. The predicted octanol–water partition coefficient (Wildman–Crippen LogP) is 5.00. The second-order valence-corrected chi connectivity index (χ2v) is 6.98. The number of para-hydroxylation sites is 1. The van der Waals surface area contributed by atoms with Crippen molar-refractivity contribution in [2.45, 2.75) is 12.5 Å². The monoisotopic (exact) mass is 380 g/mol. The first-order chi connectivity index (χ1) is 13.1. The van der Waals surface area contributed by atoms with Gasteiger partial charge in [0.1, 0.15) is 5.82 Å². The van der Waals surface area contributed by atoms with Crippen LogP contribution in [0.4, 0.5) is 10.1 Å². The molecule has 0 bridgehead atoms. The van der Waals surface area contributed by atoms with Gasteiger partial charge in [-0.25, -0.2) is 14.4 Å². The molecule has 27 heavy (non-hydrogen) atoms. The SMILES string of the molecule is CN(Cc1c(F)cccc1Cl)N1C(=O)[C@H](c2ccccc2)c2ccccc21. The van der Waals surface area contributed by atoms with Crippen molar-refractivity contribution in [3.8, 4) is 0 Å². The maximum Gasteiger partial charge on any atom is 0.253 e. The largest absolute Gasteiger partial charge is 0.272 e. The van der Waals surface area contributed by atoms with Crippen molar-refractivity contribution in [2.24, 2.45) is 0 Å². The van der Waals surface area contributed by atoms with E-state index in [4.69, 9.17) is 11.6 Å². The van der Waals surface area contributed by atoms with Crippen LogP contribution in [-0.4, -0.2) is 18.0 Å². The summed E-state index contributed by atoms with van der Waals surface area (Å²) in [5, 5.41) is 3.69. The summed E-state index contributed by atoms with van der Waals surface area (Å²) in [7, 11) is 1.77. The average Bonchev–Trinajstić information content (AvgIpc) is 2.97. The minimum atomic E-state index is -0.381. The zero-order valence-electron chi connectivity index (χ0n) is 14.8. The molecule has 0 N–H and O–H groups in total. The highest BCUT2D eigenvalue weighted by Gasteiger charge is 2.40. The first kappa shape index (κ1) is 17.7. The molecule has 3 nitrogen and oxygen atoms in total. The molecule has 1 atom stereocenters. The Kier molecular flexibility index (Phi) is 4.68. The van der Waals surface area contributed by atoms with Gasteiger partial charge in [-0.15, -0.1) is 0 Å². The van der Waals surface area contributed by atoms with E-state index in [9.17, 15) is 9.18 Å². The highest BCUT2D eigenvalue weighted by Crippen LogP contribution is 2.41. The Morgan fingerprint density at radius 3 is 2.44 bits per heavy atom. The van der Waals surface area contributed by atoms with Gasteiger partial charge in [-0.3, -0.25) is 4.79 Å². The normalized spacial score (nSPS) is 16.1. The summed E-state index contributed by atoms with van der Waals surface area (Å²) in [6.45, 7) is 0.188. The van der Waals surface area contributed by atoms with E-state index < -0.39 is 0 Å². The van der Waals surface area contributed by atoms with E-state index in [1.54, 1.807) is 29.2 Å². The number of carbonyl (C=O) groups is 1. The van der Waals surface area contributed by atoms with Crippen LogP contribution in [-0.2, 0) is 11.3 Å². The van der Waals surface area contributed by atoms with Crippen molar-refractivity contribution in [3.05, 3.63) is 100 Å². The number of hydrogen-bond acceptors (Lipinski definition) is 2. The molecule has 0 radical (unpaired) electrons. The van der Waals surface area contributed by atoms with Gasteiger partial charge in [0.05, 0.1) is 11.6 Å². The fraction of sp³-hybridized carbons (Fsp3) is 0.136. The first-order valence-corrected chi connectivity index (χ1v) is 9.07. The first-order valence-electron chi connectivity index (χ1n) is 8.69. The number of rotatable bonds is 4. The quantitative estimate of drug-likeness (QED) is 0.635. The number of hydrazine groups is 1. The van der Waals surface area contributed by atoms with Crippen molar-refractivity contribution in [3.63, 3.8) is 0 Å². The fourth-order valence-corrected chi connectivity index (χ4v) is 3.82. The highest BCUT2D eigenvalue weighted by molar-refractivity contribution is 6.31. The number of benzene rings is 3. The zero-order chi connectivity index (χ0) is 19.0. The third kappa shape index (κ3) is 3.11. The van der Waals surface area contributed by atoms with Gasteiger partial charge >= 0.3 is 0 Å². The summed E-state index contributed by atoms with van der Waals surface area (Å²) in [6, 6.07) is 22.0. The topological polar surface area (TPSA) is 23.6 Å². The molecule has 136 valence electrons. The molecule has 0 saturated carbocycles. The Labute approximate surface area is 162 Å². The van der Waals surface area contributed by atoms with Crippen LogP contribution < -0.4 is 5.01 Å². The molecule has 0 unspecified atom stereocenters. The third-order valence-corrected chi connectivity index (χ3v) is 5.21. The molecule has 3 aromatic rings. The van der Waals surface area contributed by atoms with Crippen LogP contribution in [0.25, 0.3) is 0 Å². The van der Waals surface area contributed by atoms with E-state index in [-0.39, 0.29) is 24.2 Å². The van der Waals surface area contributed by atoms with Gasteiger partial charge in [0.2, 0.25) is 0 Å². The molecule has 0 saturated heterocycles. The molecule has 4 rings (SSSR count). The molecule has 0 aromatic heterocycles. The number of anilines is 1. The van der Waals surface area contributed by atoms with E-state index in [1.807, 2.05) is 54.6 Å². The maximum absolute atomic E-state index is 14.2. The lowest BCUT2D eigenvalue weighted by atomic mass is 9.93. The highest BCUT2D eigenvalue weighted by atomic mass is 35.5. The molecule has 0 aliphatic carbocycles. The molecule has 5 heteroatoms. The van der Waals surface area contributed by atoms with Gasteiger partial charge in [-0.1, -0.05) is 66.2 Å². The van der Waals surface area contributed by atoms with Crippen molar-refractivity contribution >= 4 is 23.2 Å². The smallest absolute Gasteiger partial charge is 0.253 e. The number of amides is 1. The summed E-state index contributed by atoms with van der Waals surface area (Å²) >= 11 is 6.17. The van der Waals surface area contributed by atoms with E-state index in [2.05, 4.69) is 0 Å². The molecule has 3 aromatic carbocycles. The van der Waals surface area contributed by atoms with Crippen LogP contribution in [0.5, 0.6) is 0 Å². The van der Waals surface area contributed by atoms with Gasteiger partial charge in [0.15, 0.2) is 0 Å². The summed E-state index contributed by atoms with van der Waals surface area (Å²) in [5.41, 5.74) is 3.07. The van der Waals surface area contributed by atoms with Crippen LogP contribution in [0, 0.1) is 5.82 Å². The Balaban J connectivity index is 1.72. The van der Waals surface area contributed by atoms with Crippen molar-refractivity contribution in [2.75, 3.05) is 12.1 Å². The lowest BCUT2D eigenvalue weighted by Gasteiger charge is -2.29. The molecular formula is C22H18ClFN2O. The molecule has 0 fully saturated rings. The lowest BCUT2D eigenvalue weighted by molar-refractivity contribution is -0.121. The minimum absolute atomic E-state index is 0.0580. The van der Waals surface area contributed by atoms with Gasteiger partial charge in [0, 0.05) is 24.2 Å². The summed E-state index contributed by atoms with van der Waals surface area (Å²) < 4.78 is 14.2. The van der Waals surface area contributed by atoms with Crippen LogP contribution in [0.15, 0.2) is 72.8 Å². The molecule has 1 heterocycles. The summed E-state index contributed by atoms with van der Waals surface area (Å²) in [4.78, 5) is 13.3. The van der Waals surface area contributed by atoms with Gasteiger partial charge in [-0.2, -0.15) is 0 Å². The van der Waals surface area contributed by atoms with Crippen LogP contribution >= 0.6 is 11.6 Å². The van der Waals surface area contributed by atoms with Crippen LogP contribution in [0.1, 0.15) is 22.6 Å². The lowest BCUT2D eigenvalue weighted by Crippen LogP contribution is -2.42. The van der Waals surface area contributed by atoms with Crippen LogP contribution in [0.2, 0.25) is 5.02 Å². The molecular weight excluding hydrogens is 363 g/mol. The molecule has 1 amide bonds. The summed E-state index contributed by atoms with van der Waals surface area (Å²) in [5.74, 6) is -0.813. The summed E-state index contributed by atoms with van der Waals surface area (Å²) in [6.07, 6.45) is 0. The average molecular weight is 381 g/mol. The van der Waals surface area contributed by atoms with E-state index in [0.717, 1.165) is 16.8 Å². The van der Waals surface area contributed by atoms with Crippen molar-refractivity contribution < 1.29 is 9.18 Å². The maximum atomic E-state index is 14.2.